The maximum Gasteiger partial charge on any atom is 0.225 e. The molecule has 1 fully saturated rings. The van der Waals surface area contributed by atoms with E-state index >= 15 is 0 Å². The van der Waals surface area contributed by atoms with Crippen molar-refractivity contribution in [2.75, 3.05) is 38.0 Å². The van der Waals surface area contributed by atoms with Gasteiger partial charge in [-0.2, -0.15) is 0 Å². The molecule has 0 bridgehead atoms. The number of nitrogens with two attached hydrogens (primary N) is 1. The monoisotopic (exact) mass is 352 g/mol. The average molecular weight is 352 g/mol. The van der Waals surface area contributed by atoms with Crippen molar-refractivity contribution < 1.29 is 4.79 Å². The molecule has 1 amide bonds. The van der Waals surface area contributed by atoms with Gasteiger partial charge in [0.1, 0.15) is 0 Å². The van der Waals surface area contributed by atoms with Crippen LogP contribution in [0.3, 0.4) is 0 Å². The molecule has 5 nitrogen and oxygen atoms in total. The van der Waals surface area contributed by atoms with E-state index in [-0.39, 0.29) is 5.91 Å². The molecule has 3 rings (SSSR count). The fourth-order valence-corrected chi connectivity index (χ4v) is 3.25. The Morgan fingerprint density at radius 1 is 0.846 bits per heavy atom. The standard InChI is InChI=1S/C21H28N4O/c22-11-10-21(26)23-20-8-6-19(7-9-20)17-25-14-12-24(13-15-25)16-18-4-2-1-3-5-18/h1-9H,10-17,22H2,(H,23,26). The Hall–Kier alpha value is -2.21. The highest BCUT2D eigenvalue weighted by Crippen LogP contribution is 2.14. The second-order valence-corrected chi connectivity index (χ2v) is 6.82. The molecular formula is C21H28N4O. The second-order valence-electron chi connectivity index (χ2n) is 6.82. The molecule has 1 aliphatic heterocycles. The number of anilines is 1. The van der Waals surface area contributed by atoms with Crippen LogP contribution in [0.5, 0.6) is 0 Å². The van der Waals surface area contributed by atoms with Gasteiger partial charge in [-0.05, 0) is 23.3 Å². The number of hydrogen-bond donors (Lipinski definition) is 2. The van der Waals surface area contributed by atoms with Gasteiger partial charge in [-0.1, -0.05) is 42.5 Å². The minimum absolute atomic E-state index is 0.0326. The summed E-state index contributed by atoms with van der Waals surface area (Å²) in [6, 6.07) is 18.8. The number of nitrogens with zero attached hydrogens (tertiary/aromatic N) is 2. The molecule has 1 heterocycles. The van der Waals surface area contributed by atoms with Crippen molar-refractivity contribution in [3.05, 3.63) is 65.7 Å². The average Bonchev–Trinajstić information content (AvgIpc) is 2.66. The molecule has 1 saturated heterocycles. The van der Waals surface area contributed by atoms with E-state index in [0.29, 0.717) is 13.0 Å². The zero-order chi connectivity index (χ0) is 18.2. The molecule has 0 atom stereocenters. The van der Waals surface area contributed by atoms with Crippen LogP contribution in [0.2, 0.25) is 0 Å². The lowest BCUT2D eigenvalue weighted by atomic mass is 10.1. The number of hydrogen-bond acceptors (Lipinski definition) is 4. The maximum atomic E-state index is 11.6. The number of nitrogens with one attached hydrogen (secondary N) is 1. The van der Waals surface area contributed by atoms with Gasteiger partial charge in [-0.25, -0.2) is 0 Å². The first-order valence-corrected chi connectivity index (χ1v) is 9.30. The van der Waals surface area contributed by atoms with Crippen LogP contribution in [-0.4, -0.2) is 48.4 Å². The Balaban J connectivity index is 1.43. The van der Waals surface area contributed by atoms with Crippen LogP contribution < -0.4 is 11.1 Å². The second kappa shape index (κ2) is 9.48. The third-order valence-electron chi connectivity index (χ3n) is 4.73. The summed E-state index contributed by atoms with van der Waals surface area (Å²) in [6.07, 6.45) is 0.356. The summed E-state index contributed by atoms with van der Waals surface area (Å²) in [7, 11) is 0. The molecule has 0 spiro atoms. The Morgan fingerprint density at radius 3 is 1.92 bits per heavy atom. The van der Waals surface area contributed by atoms with Gasteiger partial charge < -0.3 is 11.1 Å². The van der Waals surface area contributed by atoms with Gasteiger partial charge in [-0.3, -0.25) is 14.6 Å². The third kappa shape index (κ3) is 5.66. The summed E-state index contributed by atoms with van der Waals surface area (Å²) in [5.74, 6) is -0.0326. The summed E-state index contributed by atoms with van der Waals surface area (Å²) in [4.78, 5) is 16.6. The molecule has 0 aliphatic carbocycles. The van der Waals surface area contributed by atoms with Crippen molar-refractivity contribution in [2.24, 2.45) is 5.73 Å². The van der Waals surface area contributed by atoms with E-state index in [4.69, 9.17) is 5.73 Å². The van der Waals surface area contributed by atoms with Crippen molar-refractivity contribution in [1.82, 2.24) is 9.80 Å². The maximum absolute atomic E-state index is 11.6. The SMILES string of the molecule is NCCC(=O)Nc1ccc(CN2CCN(Cc3ccccc3)CC2)cc1. The fraction of sp³-hybridized carbons (Fsp3) is 0.381. The first-order chi connectivity index (χ1) is 12.7. The molecule has 2 aromatic rings. The largest absolute Gasteiger partial charge is 0.330 e. The highest BCUT2D eigenvalue weighted by atomic mass is 16.1. The topological polar surface area (TPSA) is 61.6 Å². The zero-order valence-electron chi connectivity index (χ0n) is 15.2. The molecule has 5 heteroatoms. The summed E-state index contributed by atoms with van der Waals surface area (Å²) < 4.78 is 0. The number of benzene rings is 2. The molecule has 3 N–H and O–H groups in total. The normalized spacial score (nSPS) is 15.7. The highest BCUT2D eigenvalue weighted by Gasteiger charge is 2.17. The van der Waals surface area contributed by atoms with Gasteiger partial charge in [0.2, 0.25) is 5.91 Å². The molecule has 0 aromatic heterocycles. The van der Waals surface area contributed by atoms with Crippen LogP contribution >= 0.6 is 0 Å². The minimum Gasteiger partial charge on any atom is -0.330 e. The van der Waals surface area contributed by atoms with Crippen molar-refractivity contribution in [1.29, 1.82) is 0 Å². The lowest BCUT2D eigenvalue weighted by Gasteiger charge is -2.34. The van der Waals surface area contributed by atoms with Gasteiger partial charge >= 0.3 is 0 Å². The van der Waals surface area contributed by atoms with Crippen molar-refractivity contribution in [2.45, 2.75) is 19.5 Å². The quantitative estimate of drug-likeness (QED) is 0.803. The predicted molar refractivity (Wildman–Crippen MR) is 106 cm³/mol. The van der Waals surface area contributed by atoms with Crippen LogP contribution in [0.1, 0.15) is 17.5 Å². The summed E-state index contributed by atoms with van der Waals surface area (Å²) >= 11 is 0. The van der Waals surface area contributed by atoms with E-state index in [0.717, 1.165) is 45.0 Å². The number of carbonyl (C=O) groups excluding carboxylic acids is 1. The van der Waals surface area contributed by atoms with E-state index in [9.17, 15) is 4.79 Å². The molecule has 0 saturated carbocycles. The van der Waals surface area contributed by atoms with Crippen LogP contribution in [0, 0.1) is 0 Å². The lowest BCUT2D eigenvalue weighted by molar-refractivity contribution is -0.116. The number of carbonyl (C=O) groups is 1. The molecular weight excluding hydrogens is 324 g/mol. The van der Waals surface area contributed by atoms with Gasteiger partial charge in [0.25, 0.3) is 0 Å². The molecule has 1 aliphatic rings. The Bertz CT molecular complexity index is 679. The first-order valence-electron chi connectivity index (χ1n) is 9.30. The molecule has 2 aromatic carbocycles. The molecule has 138 valence electrons. The molecule has 0 radical (unpaired) electrons. The molecule has 0 unspecified atom stereocenters. The van der Waals surface area contributed by atoms with Crippen LogP contribution in [-0.2, 0) is 17.9 Å². The van der Waals surface area contributed by atoms with Crippen LogP contribution in [0.4, 0.5) is 5.69 Å². The third-order valence-corrected chi connectivity index (χ3v) is 4.73. The van der Waals surface area contributed by atoms with Gasteiger partial charge in [0.05, 0.1) is 0 Å². The van der Waals surface area contributed by atoms with E-state index in [1.165, 1.54) is 11.1 Å². The smallest absolute Gasteiger partial charge is 0.225 e. The summed E-state index contributed by atoms with van der Waals surface area (Å²) in [5.41, 5.74) is 8.89. The molecule has 26 heavy (non-hydrogen) atoms. The van der Waals surface area contributed by atoms with Crippen LogP contribution in [0.15, 0.2) is 54.6 Å². The number of piperazine rings is 1. The van der Waals surface area contributed by atoms with Crippen molar-refractivity contribution >= 4 is 11.6 Å². The van der Waals surface area contributed by atoms with E-state index in [1.807, 2.05) is 12.1 Å². The van der Waals surface area contributed by atoms with E-state index < -0.39 is 0 Å². The van der Waals surface area contributed by atoms with E-state index in [1.54, 1.807) is 0 Å². The Labute approximate surface area is 155 Å². The zero-order valence-corrected chi connectivity index (χ0v) is 15.2. The van der Waals surface area contributed by atoms with Gasteiger partial charge in [0.15, 0.2) is 0 Å². The Morgan fingerprint density at radius 2 is 1.38 bits per heavy atom. The first kappa shape index (κ1) is 18.6. The fourth-order valence-electron chi connectivity index (χ4n) is 3.25. The highest BCUT2D eigenvalue weighted by molar-refractivity contribution is 5.90. The number of rotatable bonds is 7. The van der Waals surface area contributed by atoms with E-state index in [2.05, 4.69) is 57.6 Å². The van der Waals surface area contributed by atoms with Gasteiger partial charge in [-0.15, -0.1) is 0 Å². The summed E-state index contributed by atoms with van der Waals surface area (Å²) in [5, 5.41) is 2.86. The predicted octanol–water partition coefficient (Wildman–Crippen LogP) is 2.29. The lowest BCUT2D eigenvalue weighted by Crippen LogP contribution is -2.45. The van der Waals surface area contributed by atoms with Crippen LogP contribution in [0.25, 0.3) is 0 Å². The Kier molecular flexibility index (Phi) is 6.77. The summed E-state index contributed by atoms with van der Waals surface area (Å²) in [6.45, 7) is 6.73. The van der Waals surface area contributed by atoms with Gasteiger partial charge in [0, 0.05) is 57.9 Å². The number of amides is 1. The minimum atomic E-state index is -0.0326. The van der Waals surface area contributed by atoms with Crippen molar-refractivity contribution in [3.63, 3.8) is 0 Å². The van der Waals surface area contributed by atoms with Crippen molar-refractivity contribution in [3.8, 4) is 0 Å².